The second-order valence-electron chi connectivity index (χ2n) is 7.64. The highest BCUT2D eigenvalue weighted by Gasteiger charge is 2.19. The Hall–Kier alpha value is -3.11. The molecule has 3 rings (SSSR count). The van der Waals surface area contributed by atoms with Gasteiger partial charge in [-0.2, -0.15) is 0 Å². The second-order valence-corrected chi connectivity index (χ2v) is 9.40. The number of benzene rings is 2. The summed E-state index contributed by atoms with van der Waals surface area (Å²) in [6, 6.07) is 11.4. The number of unbranched alkanes of at least 4 members (excludes halogenated alkanes) is 2. The summed E-state index contributed by atoms with van der Waals surface area (Å²) in [7, 11) is -3.66. The number of ketones is 1. The smallest absolute Gasteiger partial charge is 0.305 e. The summed E-state index contributed by atoms with van der Waals surface area (Å²) in [5.41, 5.74) is 0.485. The molecule has 1 heterocycles. The molecular formula is C24H29NO8S. The summed E-state index contributed by atoms with van der Waals surface area (Å²) in [5, 5.41) is 0. The molecule has 0 saturated carbocycles. The maximum atomic E-state index is 12.5. The topological polar surface area (TPSA) is 117 Å². The van der Waals surface area contributed by atoms with Gasteiger partial charge in [0.25, 0.3) is 0 Å². The molecule has 1 aliphatic heterocycles. The number of esters is 1. The molecule has 34 heavy (non-hydrogen) atoms. The lowest BCUT2D eigenvalue weighted by atomic mass is 10.1. The van der Waals surface area contributed by atoms with E-state index in [0.717, 1.165) is 0 Å². The van der Waals surface area contributed by atoms with Crippen LogP contribution in [0.5, 0.6) is 17.2 Å². The highest BCUT2D eigenvalue weighted by atomic mass is 32.2. The Labute approximate surface area is 199 Å². The number of fused-ring (bicyclic) bond motifs is 1. The lowest BCUT2D eigenvalue weighted by Crippen LogP contribution is -2.25. The van der Waals surface area contributed by atoms with Gasteiger partial charge in [0.05, 0.1) is 10.5 Å². The van der Waals surface area contributed by atoms with Crippen LogP contribution in [-0.4, -0.2) is 53.1 Å². The summed E-state index contributed by atoms with van der Waals surface area (Å²) in [6.07, 6.45) is 2.07. The lowest BCUT2D eigenvalue weighted by Gasteiger charge is -2.18. The van der Waals surface area contributed by atoms with E-state index in [2.05, 4.69) is 4.72 Å². The van der Waals surface area contributed by atoms with Crippen molar-refractivity contribution >= 4 is 21.8 Å². The van der Waals surface area contributed by atoms with E-state index >= 15 is 0 Å². The maximum Gasteiger partial charge on any atom is 0.305 e. The molecule has 1 aliphatic rings. The van der Waals surface area contributed by atoms with Gasteiger partial charge in [-0.1, -0.05) is 18.6 Å². The summed E-state index contributed by atoms with van der Waals surface area (Å²) < 4.78 is 49.0. The van der Waals surface area contributed by atoms with Gasteiger partial charge in [0.1, 0.15) is 32.2 Å². The first kappa shape index (κ1) is 25.5. The van der Waals surface area contributed by atoms with Crippen molar-refractivity contribution in [1.82, 2.24) is 4.72 Å². The van der Waals surface area contributed by atoms with Crippen molar-refractivity contribution in [3.05, 3.63) is 48.0 Å². The van der Waals surface area contributed by atoms with Crippen LogP contribution in [0.15, 0.2) is 47.4 Å². The Bertz CT molecular complexity index is 1100. The van der Waals surface area contributed by atoms with Crippen molar-refractivity contribution in [3.8, 4) is 17.2 Å². The highest BCUT2D eigenvalue weighted by Crippen LogP contribution is 2.32. The zero-order valence-corrected chi connectivity index (χ0v) is 19.9. The number of ether oxygens (including phenoxy) is 4. The van der Waals surface area contributed by atoms with Crippen molar-refractivity contribution < 1.29 is 37.0 Å². The third-order valence-corrected chi connectivity index (χ3v) is 6.50. The van der Waals surface area contributed by atoms with Gasteiger partial charge in [-0.15, -0.1) is 0 Å². The van der Waals surface area contributed by atoms with E-state index in [0.29, 0.717) is 55.3 Å². The van der Waals surface area contributed by atoms with Crippen molar-refractivity contribution in [2.24, 2.45) is 0 Å². The molecule has 2 aromatic carbocycles. The molecule has 0 fully saturated rings. The van der Waals surface area contributed by atoms with Gasteiger partial charge in [-0.3, -0.25) is 9.59 Å². The van der Waals surface area contributed by atoms with Crippen LogP contribution in [0, 0.1) is 0 Å². The minimum absolute atomic E-state index is 0.0837. The van der Waals surface area contributed by atoms with E-state index in [9.17, 15) is 18.0 Å². The SMILES string of the molecule is CC(=O)c1ccccc1OCCOC(=O)CCCCCNS(=O)(=O)c1ccc2c(c1)OCCO2. The minimum atomic E-state index is -3.66. The first-order valence-corrected chi connectivity index (χ1v) is 12.6. The maximum absolute atomic E-state index is 12.5. The Morgan fingerprint density at radius 3 is 2.53 bits per heavy atom. The van der Waals surface area contributed by atoms with Crippen LogP contribution in [0.1, 0.15) is 43.0 Å². The quantitative estimate of drug-likeness (QED) is 0.258. The molecule has 0 aliphatic carbocycles. The Kier molecular flexibility index (Phi) is 9.29. The molecule has 9 nitrogen and oxygen atoms in total. The summed E-state index contributed by atoms with van der Waals surface area (Å²) >= 11 is 0. The minimum Gasteiger partial charge on any atom is -0.489 e. The average Bonchev–Trinajstić information content (AvgIpc) is 2.83. The van der Waals surface area contributed by atoms with E-state index < -0.39 is 10.0 Å². The molecule has 184 valence electrons. The van der Waals surface area contributed by atoms with E-state index in [-0.39, 0.29) is 42.8 Å². The zero-order chi connectivity index (χ0) is 24.4. The van der Waals surface area contributed by atoms with Gasteiger partial charge >= 0.3 is 5.97 Å². The predicted molar refractivity (Wildman–Crippen MR) is 124 cm³/mol. The van der Waals surface area contributed by atoms with Crippen molar-refractivity contribution in [3.63, 3.8) is 0 Å². The molecule has 0 aromatic heterocycles. The Balaban J connectivity index is 1.28. The lowest BCUT2D eigenvalue weighted by molar-refractivity contribution is -0.144. The predicted octanol–water partition coefficient (Wildman–Crippen LogP) is 3.12. The Morgan fingerprint density at radius 1 is 0.971 bits per heavy atom. The first-order valence-electron chi connectivity index (χ1n) is 11.1. The van der Waals surface area contributed by atoms with Crippen LogP contribution in [0.2, 0.25) is 0 Å². The van der Waals surface area contributed by atoms with Gasteiger partial charge in [0.15, 0.2) is 17.3 Å². The van der Waals surface area contributed by atoms with Crippen LogP contribution < -0.4 is 18.9 Å². The normalized spacial score (nSPS) is 12.7. The standard InChI is InChI=1S/C24H29NO8S/c1-18(26)20-7-4-5-8-21(20)30-15-16-33-24(27)9-3-2-6-12-25-34(28,29)19-10-11-22-23(17-19)32-14-13-31-22/h4-5,7-8,10-11,17,25H,2-3,6,9,12-16H2,1H3. The van der Waals surface area contributed by atoms with E-state index in [1.807, 2.05) is 0 Å². The first-order chi connectivity index (χ1) is 16.4. The van der Waals surface area contributed by atoms with Gasteiger partial charge in [0, 0.05) is 19.0 Å². The average molecular weight is 492 g/mol. The number of hydrogen-bond donors (Lipinski definition) is 1. The third-order valence-electron chi connectivity index (χ3n) is 5.04. The number of para-hydroxylation sites is 1. The van der Waals surface area contributed by atoms with E-state index in [1.54, 1.807) is 30.3 Å². The van der Waals surface area contributed by atoms with E-state index in [1.165, 1.54) is 19.1 Å². The van der Waals surface area contributed by atoms with Gasteiger partial charge < -0.3 is 18.9 Å². The van der Waals surface area contributed by atoms with Crippen LogP contribution in [0.25, 0.3) is 0 Å². The number of carbonyl (C=O) groups is 2. The fourth-order valence-corrected chi connectivity index (χ4v) is 4.40. The molecule has 0 amide bonds. The van der Waals surface area contributed by atoms with Crippen LogP contribution in [0.4, 0.5) is 0 Å². The van der Waals surface area contributed by atoms with Crippen LogP contribution >= 0.6 is 0 Å². The largest absolute Gasteiger partial charge is 0.489 e. The number of hydrogen-bond acceptors (Lipinski definition) is 8. The second kappa shape index (κ2) is 12.4. The van der Waals surface area contributed by atoms with Crippen LogP contribution in [0.3, 0.4) is 0 Å². The molecule has 2 aromatic rings. The van der Waals surface area contributed by atoms with Gasteiger partial charge in [-0.05, 0) is 44.0 Å². The van der Waals surface area contributed by atoms with Gasteiger partial charge in [0.2, 0.25) is 10.0 Å². The molecule has 0 unspecified atom stereocenters. The number of Topliss-reactive ketones (excluding diaryl/α,β-unsaturated/α-hetero) is 1. The van der Waals surface area contributed by atoms with Gasteiger partial charge in [-0.25, -0.2) is 13.1 Å². The van der Waals surface area contributed by atoms with Crippen molar-refractivity contribution in [2.75, 3.05) is 33.0 Å². The number of sulfonamides is 1. The highest BCUT2D eigenvalue weighted by molar-refractivity contribution is 7.89. The number of rotatable bonds is 13. The molecule has 10 heteroatoms. The Morgan fingerprint density at radius 2 is 1.74 bits per heavy atom. The zero-order valence-electron chi connectivity index (χ0n) is 19.1. The number of nitrogens with one attached hydrogen (secondary N) is 1. The molecule has 0 saturated heterocycles. The molecule has 0 spiro atoms. The molecule has 0 bridgehead atoms. The summed E-state index contributed by atoms with van der Waals surface area (Å²) in [5.74, 6) is 0.969. The molecule has 0 radical (unpaired) electrons. The summed E-state index contributed by atoms with van der Waals surface area (Å²) in [4.78, 5) is 23.5. The third kappa shape index (κ3) is 7.46. The van der Waals surface area contributed by atoms with Crippen LogP contribution in [-0.2, 0) is 19.6 Å². The molecular weight excluding hydrogens is 462 g/mol. The fraction of sp³-hybridized carbons (Fsp3) is 0.417. The fourth-order valence-electron chi connectivity index (χ4n) is 3.31. The molecule has 0 atom stereocenters. The van der Waals surface area contributed by atoms with Crippen molar-refractivity contribution in [2.45, 2.75) is 37.5 Å². The molecule has 1 N–H and O–H groups in total. The van der Waals surface area contributed by atoms with Crippen molar-refractivity contribution in [1.29, 1.82) is 0 Å². The summed E-state index contributed by atoms with van der Waals surface area (Å²) in [6.45, 7) is 2.78. The van der Waals surface area contributed by atoms with E-state index in [4.69, 9.17) is 18.9 Å². The monoisotopic (exact) mass is 491 g/mol. The number of carbonyl (C=O) groups excluding carboxylic acids is 2.